The van der Waals surface area contributed by atoms with E-state index in [2.05, 4.69) is 21.0 Å². The van der Waals surface area contributed by atoms with Crippen LogP contribution in [0.3, 0.4) is 0 Å². The average molecular weight is 496 g/mol. The number of thiophene rings is 1. The predicted molar refractivity (Wildman–Crippen MR) is 129 cm³/mol. The second kappa shape index (κ2) is 8.60. The number of carbonyl (C=O) groups is 1. The van der Waals surface area contributed by atoms with Crippen molar-refractivity contribution in [3.05, 3.63) is 57.3 Å². The molecule has 1 unspecified atom stereocenters. The Kier molecular flexibility index (Phi) is 6.17. The Morgan fingerprint density at radius 2 is 2.16 bits per heavy atom. The SMILES string of the molecule is C=S1(=O)N[C@@H](c2cc(-c3cnn(C)c3C)cs2)C[C@@H](C(=O)Nc2ccc(F)c(Cl)c2)N1C. The summed E-state index contributed by atoms with van der Waals surface area (Å²) in [5, 5.41) is 8.97. The van der Waals surface area contributed by atoms with E-state index in [-0.39, 0.29) is 17.0 Å². The molecule has 3 atom stereocenters. The van der Waals surface area contributed by atoms with E-state index in [1.807, 2.05) is 36.3 Å². The van der Waals surface area contributed by atoms with Crippen LogP contribution >= 0.6 is 22.9 Å². The van der Waals surface area contributed by atoms with E-state index in [9.17, 15) is 13.4 Å². The highest BCUT2D eigenvalue weighted by atomic mass is 35.5. The van der Waals surface area contributed by atoms with Gasteiger partial charge in [0.1, 0.15) is 11.9 Å². The molecule has 1 aliphatic heterocycles. The molecule has 3 heterocycles. The lowest BCUT2D eigenvalue weighted by molar-refractivity contribution is -0.120. The number of aromatic nitrogens is 2. The van der Waals surface area contributed by atoms with Crippen molar-refractivity contribution in [3.63, 3.8) is 0 Å². The molecule has 0 spiro atoms. The highest BCUT2D eigenvalue weighted by molar-refractivity contribution is 7.96. The Morgan fingerprint density at radius 1 is 1.41 bits per heavy atom. The maximum atomic E-state index is 13.4. The van der Waals surface area contributed by atoms with Crippen LogP contribution in [0.5, 0.6) is 0 Å². The van der Waals surface area contributed by atoms with Crippen LogP contribution in [0.4, 0.5) is 10.1 Å². The van der Waals surface area contributed by atoms with E-state index >= 15 is 0 Å². The molecular formula is C21H23ClFN5O2S2. The summed E-state index contributed by atoms with van der Waals surface area (Å²) >= 11 is 7.35. The molecule has 0 bridgehead atoms. The third-order valence-electron chi connectivity index (χ3n) is 5.69. The van der Waals surface area contributed by atoms with Gasteiger partial charge in [0, 0.05) is 35.9 Å². The zero-order valence-electron chi connectivity index (χ0n) is 17.8. The number of hydrogen-bond acceptors (Lipinski definition) is 4. The number of nitrogens with zero attached hydrogens (tertiary/aromatic N) is 3. The fourth-order valence-electron chi connectivity index (χ4n) is 3.64. The largest absolute Gasteiger partial charge is 0.325 e. The van der Waals surface area contributed by atoms with Gasteiger partial charge in [0.15, 0.2) is 0 Å². The highest BCUT2D eigenvalue weighted by Crippen LogP contribution is 2.36. The number of carbonyl (C=O) groups excluding carboxylic acids is 1. The van der Waals surface area contributed by atoms with Crippen molar-refractivity contribution in [3.8, 4) is 11.1 Å². The summed E-state index contributed by atoms with van der Waals surface area (Å²) in [6.45, 7) is 2.00. The normalized spacial score (nSPS) is 23.9. The number of benzene rings is 1. The van der Waals surface area contributed by atoms with Crippen molar-refractivity contribution < 1.29 is 13.4 Å². The molecule has 4 rings (SSSR count). The third kappa shape index (κ3) is 4.33. The van der Waals surface area contributed by atoms with E-state index in [0.717, 1.165) is 21.7 Å². The maximum absolute atomic E-state index is 13.4. The Morgan fingerprint density at radius 3 is 2.81 bits per heavy atom. The number of likely N-dealkylation sites (N-methyl/N-ethyl adjacent to an activating group) is 1. The van der Waals surface area contributed by atoms with Crippen LogP contribution in [0.2, 0.25) is 5.02 Å². The Bertz CT molecular complexity index is 1290. The molecule has 0 saturated carbocycles. The van der Waals surface area contributed by atoms with E-state index in [4.69, 9.17) is 11.6 Å². The van der Waals surface area contributed by atoms with Crippen LogP contribution in [0.25, 0.3) is 11.1 Å². The summed E-state index contributed by atoms with van der Waals surface area (Å²) in [4.78, 5) is 14.0. The molecule has 1 aliphatic rings. The lowest BCUT2D eigenvalue weighted by Crippen LogP contribution is -2.55. The standard InChI is InChI=1S/C21H23ClFN5O2S2/c1-12-15(10-24-27(12)2)13-7-20(31-11-13)18-9-19(28(3)32(4,30)26-18)21(29)25-14-5-6-17(23)16(22)8-14/h5-8,10-11,18-19H,4,9H2,1-3H3,(H,25,29)(H,26,30)/t18-,19+,32?/m1/s1. The molecule has 7 nitrogen and oxygen atoms in total. The molecular weight excluding hydrogens is 473 g/mol. The maximum Gasteiger partial charge on any atom is 0.242 e. The number of anilines is 1. The molecule has 2 N–H and O–H groups in total. The fraction of sp³-hybridized carbons (Fsp3) is 0.286. The number of hydrogen-bond donors (Lipinski definition) is 2. The summed E-state index contributed by atoms with van der Waals surface area (Å²) in [5.74, 6) is 2.89. The van der Waals surface area contributed by atoms with Gasteiger partial charge in [-0.15, -0.1) is 11.3 Å². The Labute approximate surface area is 195 Å². The van der Waals surface area contributed by atoms with Crippen molar-refractivity contribution in [2.75, 3.05) is 12.4 Å². The topological polar surface area (TPSA) is 79.3 Å². The van der Waals surface area contributed by atoms with Crippen LogP contribution in [0.1, 0.15) is 23.0 Å². The van der Waals surface area contributed by atoms with Gasteiger partial charge < -0.3 is 5.32 Å². The smallest absolute Gasteiger partial charge is 0.242 e. The van der Waals surface area contributed by atoms with E-state index in [1.165, 1.54) is 33.8 Å². The second-order valence-corrected chi connectivity index (χ2v) is 11.2. The fourth-order valence-corrected chi connectivity index (χ4v) is 6.29. The molecule has 2 aromatic heterocycles. The van der Waals surface area contributed by atoms with E-state index in [1.54, 1.807) is 7.05 Å². The second-order valence-electron chi connectivity index (χ2n) is 7.73. The molecule has 170 valence electrons. The van der Waals surface area contributed by atoms with Gasteiger partial charge in [-0.2, -0.15) is 5.10 Å². The van der Waals surface area contributed by atoms with Crippen molar-refractivity contribution >= 4 is 50.3 Å². The van der Waals surface area contributed by atoms with Crippen LogP contribution in [0.15, 0.2) is 35.8 Å². The molecule has 1 saturated heterocycles. The Balaban J connectivity index is 1.58. The first kappa shape index (κ1) is 22.9. The average Bonchev–Trinajstić information content (AvgIpc) is 3.34. The first-order valence-corrected chi connectivity index (χ1v) is 12.7. The summed E-state index contributed by atoms with van der Waals surface area (Å²) < 4.78 is 32.9. The highest BCUT2D eigenvalue weighted by Gasteiger charge is 2.38. The van der Waals surface area contributed by atoms with E-state index in [0.29, 0.717) is 12.1 Å². The van der Waals surface area contributed by atoms with Crippen LogP contribution in [-0.2, 0) is 21.7 Å². The number of halogens is 2. The van der Waals surface area contributed by atoms with Crippen LogP contribution < -0.4 is 10.0 Å². The number of amides is 1. The van der Waals surface area contributed by atoms with Gasteiger partial charge in [0.05, 0.1) is 27.2 Å². The molecule has 11 heteroatoms. The predicted octanol–water partition coefficient (Wildman–Crippen LogP) is 3.77. The van der Waals surface area contributed by atoms with Gasteiger partial charge in [-0.05, 0) is 54.4 Å². The number of nitrogens with one attached hydrogen (secondary N) is 2. The monoisotopic (exact) mass is 495 g/mol. The number of rotatable bonds is 4. The van der Waals surface area contributed by atoms with Crippen molar-refractivity contribution in [2.24, 2.45) is 7.05 Å². The minimum Gasteiger partial charge on any atom is -0.325 e. The van der Waals surface area contributed by atoms with Gasteiger partial charge in [0.2, 0.25) is 5.91 Å². The first-order chi connectivity index (χ1) is 15.1. The minimum atomic E-state index is -2.89. The van der Waals surface area contributed by atoms with Crippen molar-refractivity contribution in [1.82, 2.24) is 18.8 Å². The molecule has 3 aromatic rings. The molecule has 1 aromatic carbocycles. The van der Waals surface area contributed by atoms with Gasteiger partial charge in [-0.3, -0.25) is 9.48 Å². The van der Waals surface area contributed by atoms with Crippen LogP contribution in [0, 0.1) is 12.7 Å². The minimum absolute atomic E-state index is 0.0860. The van der Waals surface area contributed by atoms with Crippen LogP contribution in [-0.4, -0.2) is 43.2 Å². The molecule has 32 heavy (non-hydrogen) atoms. The molecule has 0 aliphatic carbocycles. The zero-order valence-corrected chi connectivity index (χ0v) is 20.2. The summed E-state index contributed by atoms with van der Waals surface area (Å²) in [6.07, 6.45) is 2.20. The summed E-state index contributed by atoms with van der Waals surface area (Å²) in [7, 11) is 0.593. The zero-order chi connectivity index (χ0) is 23.2. The lowest BCUT2D eigenvalue weighted by atomic mass is 10.0. The third-order valence-corrected chi connectivity index (χ3v) is 8.86. The molecule has 1 amide bonds. The van der Waals surface area contributed by atoms with Crippen molar-refractivity contribution in [2.45, 2.75) is 25.4 Å². The first-order valence-electron chi connectivity index (χ1n) is 9.77. The van der Waals surface area contributed by atoms with Gasteiger partial charge in [-0.25, -0.2) is 17.6 Å². The summed E-state index contributed by atoms with van der Waals surface area (Å²) in [5.41, 5.74) is 3.46. The Hall–Kier alpha value is -2.24. The quantitative estimate of drug-likeness (QED) is 0.541. The van der Waals surface area contributed by atoms with Crippen molar-refractivity contribution in [1.29, 1.82) is 0 Å². The molecule has 0 radical (unpaired) electrons. The van der Waals surface area contributed by atoms with E-state index < -0.39 is 21.8 Å². The summed E-state index contributed by atoms with van der Waals surface area (Å²) in [6, 6.07) is 4.96. The van der Waals surface area contributed by atoms with Gasteiger partial charge in [-0.1, -0.05) is 11.6 Å². The van der Waals surface area contributed by atoms with Gasteiger partial charge >= 0.3 is 0 Å². The lowest BCUT2D eigenvalue weighted by Gasteiger charge is -2.39. The molecule has 1 fully saturated rings. The number of aryl methyl sites for hydroxylation is 1. The van der Waals surface area contributed by atoms with Gasteiger partial charge in [0.25, 0.3) is 0 Å².